The number of aliphatic carboxylic acids is 2. The zero-order valence-electron chi connectivity index (χ0n) is 13.0. The molecule has 0 saturated carbocycles. The Hall–Kier alpha value is -2.60. The number of carboxylic acid groups (broad SMARTS) is 2. The van der Waals surface area contributed by atoms with E-state index in [4.69, 9.17) is 15.9 Å². The number of amides is 2. The fraction of sp³-hybridized carbons (Fsp3) is 0.462. The largest absolute Gasteiger partial charge is 0.481 e. The van der Waals surface area contributed by atoms with Crippen LogP contribution >= 0.6 is 12.6 Å². The molecule has 0 fully saturated rings. The highest BCUT2D eigenvalue weighted by Crippen LogP contribution is 2.00. The van der Waals surface area contributed by atoms with E-state index in [9.17, 15) is 19.2 Å². The standard InChI is InChI=1S/C13H19N5O6S/c14-7(1-6-3-15-5-16-6)11(21)17-8(2-10(19)20)12(22)18-9(4-25)13(23)24/h3,5,7-9,25H,1-2,4,14H2,(H,15,16)(H,17,21)(H,18,22)(H,19,20)(H,23,24)/t7-,8-,9-/m0/s1. The number of nitrogens with one attached hydrogen (secondary N) is 3. The van der Waals surface area contributed by atoms with E-state index in [0.29, 0.717) is 5.69 Å². The highest BCUT2D eigenvalue weighted by atomic mass is 32.1. The zero-order valence-corrected chi connectivity index (χ0v) is 13.9. The van der Waals surface area contributed by atoms with E-state index in [-0.39, 0.29) is 12.2 Å². The van der Waals surface area contributed by atoms with Crippen LogP contribution in [0.5, 0.6) is 0 Å². The lowest BCUT2D eigenvalue weighted by Gasteiger charge is -2.21. The Bertz CT molecular complexity index is 622. The molecule has 0 aromatic carbocycles. The van der Waals surface area contributed by atoms with Gasteiger partial charge in [0.15, 0.2) is 0 Å². The number of H-pyrrole nitrogens is 1. The fourth-order valence-corrected chi connectivity index (χ4v) is 2.09. The fourth-order valence-electron chi connectivity index (χ4n) is 1.85. The first kappa shape index (κ1) is 20.4. The zero-order chi connectivity index (χ0) is 19.0. The second kappa shape index (κ2) is 9.64. The average Bonchev–Trinajstić information content (AvgIpc) is 3.03. The van der Waals surface area contributed by atoms with Gasteiger partial charge in [-0.25, -0.2) is 9.78 Å². The van der Waals surface area contributed by atoms with Crippen LogP contribution in [0.1, 0.15) is 12.1 Å². The molecule has 25 heavy (non-hydrogen) atoms. The topological polar surface area (TPSA) is 188 Å². The molecule has 1 aromatic rings. The molecule has 0 bridgehead atoms. The third-order valence-corrected chi connectivity index (χ3v) is 3.51. The number of aromatic amines is 1. The van der Waals surface area contributed by atoms with Crippen molar-refractivity contribution >= 4 is 36.4 Å². The SMILES string of the molecule is N[C@@H](Cc1cnc[nH]1)C(=O)N[C@@H](CC(=O)O)C(=O)N[C@@H](CS)C(=O)O. The smallest absolute Gasteiger partial charge is 0.327 e. The summed E-state index contributed by atoms with van der Waals surface area (Å²) in [6.45, 7) is 0. The van der Waals surface area contributed by atoms with Crippen molar-refractivity contribution in [2.45, 2.75) is 31.0 Å². The van der Waals surface area contributed by atoms with Gasteiger partial charge in [0.25, 0.3) is 0 Å². The molecule has 1 rings (SSSR count). The van der Waals surface area contributed by atoms with Crippen LogP contribution in [0.2, 0.25) is 0 Å². The number of carbonyl (C=O) groups is 4. The molecule has 1 aromatic heterocycles. The van der Waals surface area contributed by atoms with Gasteiger partial charge < -0.3 is 31.6 Å². The van der Waals surface area contributed by atoms with Gasteiger partial charge in [-0.05, 0) is 0 Å². The monoisotopic (exact) mass is 373 g/mol. The van der Waals surface area contributed by atoms with Crippen LogP contribution in [0.3, 0.4) is 0 Å². The Morgan fingerprint density at radius 1 is 1.20 bits per heavy atom. The van der Waals surface area contributed by atoms with Crippen LogP contribution in [-0.2, 0) is 25.6 Å². The van der Waals surface area contributed by atoms with Crippen LogP contribution in [0, 0.1) is 0 Å². The van der Waals surface area contributed by atoms with Crippen LogP contribution in [0.15, 0.2) is 12.5 Å². The van der Waals surface area contributed by atoms with Crippen molar-refractivity contribution in [1.29, 1.82) is 0 Å². The highest BCUT2D eigenvalue weighted by Gasteiger charge is 2.29. The molecule has 0 aliphatic heterocycles. The first-order chi connectivity index (χ1) is 11.7. The molecule has 1 heterocycles. The van der Waals surface area contributed by atoms with E-state index < -0.39 is 48.3 Å². The molecule has 0 unspecified atom stereocenters. The highest BCUT2D eigenvalue weighted by molar-refractivity contribution is 7.80. The van der Waals surface area contributed by atoms with Crippen LogP contribution < -0.4 is 16.4 Å². The van der Waals surface area contributed by atoms with Crippen molar-refractivity contribution in [3.8, 4) is 0 Å². The Kier molecular flexibility index (Phi) is 7.88. The molecule has 12 heteroatoms. The van der Waals surface area contributed by atoms with E-state index in [1.165, 1.54) is 12.5 Å². The molecule has 11 nitrogen and oxygen atoms in total. The molecular weight excluding hydrogens is 354 g/mol. The first-order valence-electron chi connectivity index (χ1n) is 7.13. The number of thiol groups is 1. The average molecular weight is 373 g/mol. The van der Waals surface area contributed by atoms with Crippen LogP contribution in [0.25, 0.3) is 0 Å². The molecule has 138 valence electrons. The lowest BCUT2D eigenvalue weighted by molar-refractivity contribution is -0.143. The van der Waals surface area contributed by atoms with Gasteiger partial charge in [-0.15, -0.1) is 0 Å². The van der Waals surface area contributed by atoms with Gasteiger partial charge in [-0.2, -0.15) is 12.6 Å². The minimum atomic E-state index is -1.47. The van der Waals surface area contributed by atoms with Crippen molar-refractivity contribution in [2.24, 2.45) is 5.73 Å². The Morgan fingerprint density at radius 2 is 1.84 bits per heavy atom. The molecule has 0 saturated heterocycles. The molecule has 0 spiro atoms. The van der Waals surface area contributed by atoms with E-state index in [2.05, 4.69) is 33.2 Å². The summed E-state index contributed by atoms with van der Waals surface area (Å²) < 4.78 is 0. The number of carboxylic acids is 2. The van der Waals surface area contributed by atoms with Crippen molar-refractivity contribution in [3.63, 3.8) is 0 Å². The summed E-state index contributed by atoms with van der Waals surface area (Å²) in [4.78, 5) is 52.5. The minimum Gasteiger partial charge on any atom is -0.481 e. The summed E-state index contributed by atoms with van der Waals surface area (Å²) >= 11 is 3.79. The summed E-state index contributed by atoms with van der Waals surface area (Å²) in [5.74, 6) is -4.59. The third-order valence-electron chi connectivity index (χ3n) is 3.14. The van der Waals surface area contributed by atoms with E-state index in [1.807, 2.05) is 0 Å². The number of imidazole rings is 1. The number of aromatic nitrogens is 2. The lowest BCUT2D eigenvalue weighted by Crippen LogP contribution is -2.55. The Morgan fingerprint density at radius 3 is 2.32 bits per heavy atom. The van der Waals surface area contributed by atoms with Crippen LogP contribution in [0.4, 0.5) is 0 Å². The predicted molar refractivity (Wildman–Crippen MR) is 87.9 cm³/mol. The second-order valence-electron chi connectivity index (χ2n) is 5.13. The number of rotatable bonds is 10. The van der Waals surface area contributed by atoms with Gasteiger partial charge >= 0.3 is 11.9 Å². The first-order valence-corrected chi connectivity index (χ1v) is 7.76. The summed E-state index contributed by atoms with van der Waals surface area (Å²) in [6, 6.07) is -3.84. The molecule has 0 aliphatic rings. The Balaban J connectivity index is 2.73. The summed E-state index contributed by atoms with van der Waals surface area (Å²) in [6.07, 6.45) is 2.25. The van der Waals surface area contributed by atoms with Crippen LogP contribution in [-0.4, -0.2) is 67.8 Å². The molecule has 3 atom stereocenters. The van der Waals surface area contributed by atoms with Gasteiger partial charge in [-0.3, -0.25) is 14.4 Å². The summed E-state index contributed by atoms with van der Waals surface area (Å²) in [7, 11) is 0. The predicted octanol–water partition coefficient (Wildman–Crippen LogP) is -2.26. The van der Waals surface area contributed by atoms with E-state index in [0.717, 1.165) is 0 Å². The molecule has 0 aliphatic carbocycles. The van der Waals surface area contributed by atoms with Gasteiger partial charge in [0.2, 0.25) is 11.8 Å². The summed E-state index contributed by atoms with van der Waals surface area (Å²) in [5, 5.41) is 22.1. The maximum Gasteiger partial charge on any atom is 0.327 e. The summed E-state index contributed by atoms with van der Waals surface area (Å²) in [5.41, 5.74) is 6.30. The quantitative estimate of drug-likeness (QED) is 0.224. The number of hydrogen-bond acceptors (Lipinski definition) is 7. The number of hydrogen-bond donors (Lipinski definition) is 7. The number of nitrogens with two attached hydrogens (primary N) is 1. The van der Waals surface area contributed by atoms with Crippen molar-refractivity contribution in [2.75, 3.05) is 5.75 Å². The van der Waals surface area contributed by atoms with Crippen molar-refractivity contribution in [1.82, 2.24) is 20.6 Å². The maximum absolute atomic E-state index is 12.1. The Labute approximate surface area is 147 Å². The van der Waals surface area contributed by atoms with Gasteiger partial charge in [-0.1, -0.05) is 0 Å². The second-order valence-corrected chi connectivity index (χ2v) is 5.49. The van der Waals surface area contributed by atoms with E-state index in [1.54, 1.807) is 0 Å². The maximum atomic E-state index is 12.1. The minimum absolute atomic E-state index is 0.0988. The van der Waals surface area contributed by atoms with Crippen molar-refractivity contribution < 1.29 is 29.4 Å². The third kappa shape index (κ3) is 6.81. The van der Waals surface area contributed by atoms with E-state index >= 15 is 0 Å². The number of carbonyl (C=O) groups excluding carboxylic acids is 2. The number of nitrogens with zero attached hydrogens (tertiary/aromatic N) is 1. The van der Waals surface area contributed by atoms with Gasteiger partial charge in [0, 0.05) is 24.1 Å². The lowest BCUT2D eigenvalue weighted by atomic mass is 10.1. The molecule has 7 N–H and O–H groups in total. The molecule has 2 amide bonds. The molecular formula is C13H19N5O6S. The van der Waals surface area contributed by atoms with Crippen molar-refractivity contribution in [3.05, 3.63) is 18.2 Å². The van der Waals surface area contributed by atoms with Gasteiger partial charge in [0.05, 0.1) is 18.8 Å². The normalized spacial score (nSPS) is 14.2. The molecule has 0 radical (unpaired) electrons. The van der Waals surface area contributed by atoms with Gasteiger partial charge in [0.1, 0.15) is 12.1 Å².